The highest BCUT2D eigenvalue weighted by atomic mass is 19.4. The summed E-state index contributed by atoms with van der Waals surface area (Å²) in [5, 5.41) is 5.85. The summed E-state index contributed by atoms with van der Waals surface area (Å²) < 4.78 is 84.4. The molecule has 1 unspecified atom stereocenters. The van der Waals surface area contributed by atoms with Gasteiger partial charge in [0, 0.05) is 13.6 Å². The van der Waals surface area contributed by atoms with E-state index in [0.29, 0.717) is 25.0 Å². The Labute approximate surface area is 199 Å². The molecule has 0 saturated carbocycles. The van der Waals surface area contributed by atoms with Crippen molar-refractivity contribution in [3.8, 4) is 0 Å². The molecule has 0 spiro atoms. The third-order valence-electron chi connectivity index (χ3n) is 6.28. The Balaban J connectivity index is 1.73. The standard InChI is InChI=1S/C24H27F6N3O2/c1-32-20(34)21(31)8-9-22(33-14-21,17-5-3-2-4-6-17)15-35-10-7-16-11-18(23(25,26)27)13-19(12-16)24(28,29)30/h2-6,11-13,33H,7-10,14-15,31H2,1H3,(H,32,34)/t21-,22?/m0/s1. The van der Waals surface area contributed by atoms with Gasteiger partial charge in [0.15, 0.2) is 0 Å². The number of nitrogens with one attached hydrogen (secondary N) is 2. The number of amides is 1. The average Bonchev–Trinajstić information content (AvgIpc) is 2.82. The van der Waals surface area contributed by atoms with Crippen LogP contribution in [0.15, 0.2) is 48.5 Å². The zero-order valence-corrected chi connectivity index (χ0v) is 19.0. The van der Waals surface area contributed by atoms with Gasteiger partial charge in [0.05, 0.1) is 29.9 Å². The van der Waals surface area contributed by atoms with Gasteiger partial charge in [-0.15, -0.1) is 0 Å². The highest BCUT2D eigenvalue weighted by molar-refractivity contribution is 5.86. The lowest BCUT2D eigenvalue weighted by Crippen LogP contribution is -2.67. The maximum atomic E-state index is 13.1. The van der Waals surface area contributed by atoms with E-state index in [4.69, 9.17) is 10.5 Å². The van der Waals surface area contributed by atoms with Crippen molar-refractivity contribution < 1.29 is 35.9 Å². The third kappa shape index (κ3) is 6.33. The number of carbonyl (C=O) groups excluding carboxylic acids is 1. The summed E-state index contributed by atoms with van der Waals surface area (Å²) in [5.41, 5.74) is 2.45. The Hall–Kier alpha value is -2.63. The molecule has 0 aromatic heterocycles. The van der Waals surface area contributed by atoms with Crippen LogP contribution >= 0.6 is 0 Å². The minimum Gasteiger partial charge on any atom is -0.379 e. The van der Waals surface area contributed by atoms with Crippen molar-refractivity contribution in [1.29, 1.82) is 0 Å². The molecule has 5 nitrogen and oxygen atoms in total. The summed E-state index contributed by atoms with van der Waals surface area (Å²) in [5.74, 6) is -0.308. The quantitative estimate of drug-likeness (QED) is 0.394. The van der Waals surface area contributed by atoms with Gasteiger partial charge in [0.25, 0.3) is 0 Å². The van der Waals surface area contributed by atoms with Crippen LogP contribution in [-0.4, -0.2) is 38.3 Å². The number of halogens is 6. The van der Waals surface area contributed by atoms with Crippen LogP contribution in [-0.2, 0) is 33.8 Å². The Morgan fingerprint density at radius 1 is 1.03 bits per heavy atom. The fourth-order valence-corrected chi connectivity index (χ4v) is 4.19. The van der Waals surface area contributed by atoms with Crippen molar-refractivity contribution in [2.75, 3.05) is 26.8 Å². The first kappa shape index (κ1) is 27.0. The summed E-state index contributed by atoms with van der Waals surface area (Å²) in [6.45, 7) is 0.150. The van der Waals surface area contributed by atoms with Gasteiger partial charge >= 0.3 is 12.4 Å². The SMILES string of the molecule is CNC(=O)[C@]1(N)CCC(COCCc2cc(C(F)(F)F)cc(C(F)(F)F)c2)(c2ccccc2)NC1. The lowest BCUT2D eigenvalue weighted by molar-refractivity contribution is -0.143. The maximum absolute atomic E-state index is 13.1. The summed E-state index contributed by atoms with van der Waals surface area (Å²) >= 11 is 0. The van der Waals surface area contributed by atoms with E-state index in [1.165, 1.54) is 7.05 Å². The van der Waals surface area contributed by atoms with E-state index in [0.717, 1.165) is 5.56 Å². The molecule has 1 fully saturated rings. The molecule has 2 atom stereocenters. The molecule has 0 aliphatic carbocycles. The first-order chi connectivity index (χ1) is 16.3. The van der Waals surface area contributed by atoms with Crippen LogP contribution in [0.25, 0.3) is 0 Å². The predicted octanol–water partition coefficient (Wildman–Crippen LogP) is 4.01. The van der Waals surface area contributed by atoms with Crippen LogP contribution in [0.4, 0.5) is 26.3 Å². The number of ether oxygens (including phenoxy) is 1. The summed E-state index contributed by atoms with van der Waals surface area (Å²) in [6.07, 6.45) is -9.17. The molecule has 35 heavy (non-hydrogen) atoms. The maximum Gasteiger partial charge on any atom is 0.416 e. The zero-order chi connectivity index (χ0) is 25.9. The second-order valence-electron chi connectivity index (χ2n) is 8.75. The van der Waals surface area contributed by atoms with Crippen molar-refractivity contribution in [1.82, 2.24) is 10.6 Å². The van der Waals surface area contributed by atoms with Gasteiger partial charge in [0.1, 0.15) is 5.54 Å². The number of hydrogen-bond acceptors (Lipinski definition) is 4. The summed E-state index contributed by atoms with van der Waals surface area (Å²) in [6, 6.07) is 10.8. The van der Waals surface area contributed by atoms with Crippen molar-refractivity contribution in [2.24, 2.45) is 5.73 Å². The minimum absolute atomic E-state index is 0.0892. The molecule has 1 saturated heterocycles. The molecule has 11 heteroatoms. The van der Waals surface area contributed by atoms with E-state index in [1.807, 2.05) is 30.3 Å². The van der Waals surface area contributed by atoms with Crippen LogP contribution in [0.2, 0.25) is 0 Å². The molecular formula is C24H27F6N3O2. The molecule has 3 rings (SSSR count). The van der Waals surface area contributed by atoms with Gasteiger partial charge in [-0.1, -0.05) is 30.3 Å². The Kier molecular flexibility index (Phi) is 7.83. The van der Waals surface area contributed by atoms with Crippen molar-refractivity contribution >= 4 is 5.91 Å². The first-order valence-corrected chi connectivity index (χ1v) is 11.0. The predicted molar refractivity (Wildman–Crippen MR) is 117 cm³/mol. The normalized spacial score (nSPS) is 23.2. The second-order valence-corrected chi connectivity index (χ2v) is 8.75. The molecule has 1 heterocycles. The van der Waals surface area contributed by atoms with Gasteiger partial charge < -0.3 is 21.1 Å². The topological polar surface area (TPSA) is 76.4 Å². The monoisotopic (exact) mass is 503 g/mol. The van der Waals surface area contributed by atoms with Gasteiger partial charge in [-0.3, -0.25) is 4.79 Å². The molecule has 2 aromatic rings. The van der Waals surface area contributed by atoms with Crippen LogP contribution in [0.3, 0.4) is 0 Å². The van der Waals surface area contributed by atoms with Gasteiger partial charge in [0.2, 0.25) is 5.91 Å². The number of piperidine rings is 1. The van der Waals surface area contributed by atoms with Gasteiger partial charge in [-0.25, -0.2) is 0 Å². The molecule has 1 aliphatic heterocycles. The highest BCUT2D eigenvalue weighted by Crippen LogP contribution is 2.37. The third-order valence-corrected chi connectivity index (χ3v) is 6.28. The van der Waals surface area contributed by atoms with Crippen molar-refractivity contribution in [3.63, 3.8) is 0 Å². The number of benzene rings is 2. The van der Waals surface area contributed by atoms with Gasteiger partial charge in [-0.2, -0.15) is 26.3 Å². The lowest BCUT2D eigenvalue weighted by atomic mass is 9.76. The fraction of sp³-hybridized carbons (Fsp3) is 0.458. The first-order valence-electron chi connectivity index (χ1n) is 11.0. The number of carbonyl (C=O) groups is 1. The van der Waals surface area contributed by atoms with Gasteiger partial charge in [-0.05, 0) is 48.6 Å². The highest BCUT2D eigenvalue weighted by Gasteiger charge is 2.45. The van der Waals surface area contributed by atoms with E-state index in [-0.39, 0.29) is 43.7 Å². The lowest BCUT2D eigenvalue weighted by Gasteiger charge is -2.45. The molecule has 2 aromatic carbocycles. The van der Waals surface area contributed by atoms with E-state index in [2.05, 4.69) is 10.6 Å². The molecule has 0 bridgehead atoms. The second kappa shape index (κ2) is 10.2. The van der Waals surface area contributed by atoms with Crippen LogP contribution in [0, 0.1) is 0 Å². The molecule has 0 radical (unpaired) electrons. The summed E-state index contributed by atoms with van der Waals surface area (Å²) in [4.78, 5) is 12.2. The Morgan fingerprint density at radius 2 is 1.63 bits per heavy atom. The fourth-order valence-electron chi connectivity index (χ4n) is 4.19. The number of likely N-dealkylation sites (N-methyl/N-ethyl adjacent to an activating group) is 1. The summed E-state index contributed by atoms with van der Waals surface area (Å²) in [7, 11) is 1.50. The largest absolute Gasteiger partial charge is 0.416 e. The van der Waals surface area contributed by atoms with E-state index in [9.17, 15) is 31.1 Å². The minimum atomic E-state index is -4.90. The van der Waals surface area contributed by atoms with E-state index >= 15 is 0 Å². The van der Waals surface area contributed by atoms with E-state index < -0.39 is 34.6 Å². The van der Waals surface area contributed by atoms with Crippen molar-refractivity contribution in [2.45, 2.75) is 42.7 Å². The smallest absolute Gasteiger partial charge is 0.379 e. The Morgan fingerprint density at radius 3 is 2.11 bits per heavy atom. The Bertz CT molecular complexity index is 984. The number of nitrogens with two attached hydrogens (primary N) is 1. The number of hydrogen-bond donors (Lipinski definition) is 3. The van der Waals surface area contributed by atoms with Crippen LogP contribution < -0.4 is 16.4 Å². The average molecular weight is 503 g/mol. The number of rotatable bonds is 7. The molecular weight excluding hydrogens is 476 g/mol. The number of alkyl halides is 6. The van der Waals surface area contributed by atoms with Crippen LogP contribution in [0.1, 0.15) is 35.1 Å². The molecule has 1 aliphatic rings. The molecule has 1 amide bonds. The van der Waals surface area contributed by atoms with E-state index in [1.54, 1.807) is 0 Å². The van der Waals surface area contributed by atoms with Crippen molar-refractivity contribution in [3.05, 3.63) is 70.8 Å². The zero-order valence-electron chi connectivity index (χ0n) is 19.0. The molecule has 4 N–H and O–H groups in total. The van der Waals surface area contributed by atoms with Crippen LogP contribution in [0.5, 0.6) is 0 Å². The molecule has 192 valence electrons.